The molecule has 1 amide bonds. The van der Waals surface area contributed by atoms with Crippen molar-refractivity contribution in [2.24, 2.45) is 0 Å². The lowest BCUT2D eigenvalue weighted by atomic mass is 10.1. The predicted octanol–water partition coefficient (Wildman–Crippen LogP) is 1.08. The molecule has 3 aromatic rings. The number of carbonyl (C=O) groups is 3. The standard InChI is InChI=1S/C19H18N6O5/c26-16(27)6-5-14(19(29)30)25-18(28)11-1-3-12(4-2-11)21-7-13-8-22-17-15(24-13)9-20-10-23-17/h1-4,8-10,14,21H,5-7H2,(H,25,28)(H,26,27)(H,29,30). The first-order valence-electron chi connectivity index (χ1n) is 8.93. The van der Waals surface area contributed by atoms with E-state index in [1.165, 1.54) is 18.5 Å². The van der Waals surface area contributed by atoms with Gasteiger partial charge in [-0.25, -0.2) is 24.7 Å². The van der Waals surface area contributed by atoms with Gasteiger partial charge in [0.25, 0.3) is 5.91 Å². The molecule has 0 radical (unpaired) electrons. The van der Waals surface area contributed by atoms with Crippen LogP contribution in [-0.4, -0.2) is 54.0 Å². The minimum atomic E-state index is -1.29. The van der Waals surface area contributed by atoms with Crippen molar-refractivity contribution < 1.29 is 24.6 Å². The van der Waals surface area contributed by atoms with Gasteiger partial charge in [-0.3, -0.25) is 9.59 Å². The van der Waals surface area contributed by atoms with E-state index >= 15 is 0 Å². The van der Waals surface area contributed by atoms with Crippen molar-refractivity contribution in [3.05, 3.63) is 54.2 Å². The first-order chi connectivity index (χ1) is 14.4. The van der Waals surface area contributed by atoms with Crippen molar-refractivity contribution in [1.82, 2.24) is 25.3 Å². The van der Waals surface area contributed by atoms with E-state index in [2.05, 4.69) is 30.6 Å². The number of hydrogen-bond donors (Lipinski definition) is 4. The fourth-order valence-corrected chi connectivity index (χ4v) is 2.60. The topological polar surface area (TPSA) is 167 Å². The van der Waals surface area contributed by atoms with Crippen molar-refractivity contribution >= 4 is 34.7 Å². The van der Waals surface area contributed by atoms with Gasteiger partial charge < -0.3 is 20.8 Å². The highest BCUT2D eigenvalue weighted by atomic mass is 16.4. The lowest BCUT2D eigenvalue weighted by Crippen LogP contribution is -2.41. The average Bonchev–Trinajstić information content (AvgIpc) is 2.75. The number of fused-ring (bicyclic) bond motifs is 1. The third-order valence-electron chi connectivity index (χ3n) is 4.14. The molecule has 154 valence electrons. The van der Waals surface area contributed by atoms with Gasteiger partial charge in [0, 0.05) is 17.7 Å². The number of carboxylic acid groups (broad SMARTS) is 2. The molecule has 1 unspecified atom stereocenters. The molecule has 0 aliphatic rings. The second-order valence-electron chi connectivity index (χ2n) is 6.32. The lowest BCUT2D eigenvalue weighted by molar-refractivity contribution is -0.140. The number of benzene rings is 1. The zero-order chi connectivity index (χ0) is 21.5. The van der Waals surface area contributed by atoms with Gasteiger partial charge in [0.05, 0.1) is 24.6 Å². The van der Waals surface area contributed by atoms with Crippen molar-refractivity contribution in [3.63, 3.8) is 0 Å². The molecule has 2 heterocycles. The molecule has 1 atom stereocenters. The fraction of sp³-hybridized carbons (Fsp3) is 0.211. The third kappa shape index (κ3) is 5.44. The van der Waals surface area contributed by atoms with E-state index in [0.717, 1.165) is 5.69 Å². The Morgan fingerprint density at radius 1 is 1.03 bits per heavy atom. The van der Waals surface area contributed by atoms with Crippen LogP contribution < -0.4 is 10.6 Å². The smallest absolute Gasteiger partial charge is 0.326 e. The number of nitrogens with one attached hydrogen (secondary N) is 2. The van der Waals surface area contributed by atoms with Crippen molar-refractivity contribution in [2.45, 2.75) is 25.4 Å². The highest BCUT2D eigenvalue weighted by Crippen LogP contribution is 2.12. The van der Waals surface area contributed by atoms with Crippen LogP contribution in [0.4, 0.5) is 5.69 Å². The second kappa shape index (κ2) is 9.37. The molecule has 30 heavy (non-hydrogen) atoms. The van der Waals surface area contributed by atoms with Gasteiger partial charge >= 0.3 is 11.9 Å². The van der Waals surface area contributed by atoms with Crippen LogP contribution in [0.5, 0.6) is 0 Å². The molecule has 0 fully saturated rings. The molecule has 2 aromatic heterocycles. The minimum Gasteiger partial charge on any atom is -0.481 e. The van der Waals surface area contributed by atoms with Crippen LogP contribution in [-0.2, 0) is 16.1 Å². The summed E-state index contributed by atoms with van der Waals surface area (Å²) in [5.74, 6) is -3.01. The van der Waals surface area contributed by atoms with Crippen molar-refractivity contribution in [2.75, 3.05) is 5.32 Å². The number of hydrogen-bond acceptors (Lipinski definition) is 8. The number of rotatable bonds is 9. The maximum absolute atomic E-state index is 12.2. The van der Waals surface area contributed by atoms with Gasteiger partial charge in [-0.15, -0.1) is 0 Å². The summed E-state index contributed by atoms with van der Waals surface area (Å²) < 4.78 is 0. The number of nitrogens with zero attached hydrogens (tertiary/aromatic N) is 4. The van der Waals surface area contributed by atoms with Gasteiger partial charge in [-0.2, -0.15) is 0 Å². The summed E-state index contributed by atoms with van der Waals surface area (Å²) in [5, 5.41) is 23.3. The molecule has 1 aromatic carbocycles. The Hall–Kier alpha value is -4.15. The van der Waals surface area contributed by atoms with Gasteiger partial charge in [0.1, 0.15) is 17.9 Å². The molecule has 0 bridgehead atoms. The molecular formula is C19H18N6O5. The zero-order valence-electron chi connectivity index (χ0n) is 15.6. The molecule has 11 nitrogen and oxygen atoms in total. The molecule has 0 aliphatic carbocycles. The number of carbonyl (C=O) groups excluding carboxylic acids is 1. The Labute approximate surface area is 170 Å². The van der Waals surface area contributed by atoms with E-state index in [9.17, 15) is 14.4 Å². The van der Waals surface area contributed by atoms with Gasteiger partial charge in [0.2, 0.25) is 0 Å². The van der Waals surface area contributed by atoms with Crippen LogP contribution in [0.3, 0.4) is 0 Å². The summed E-state index contributed by atoms with van der Waals surface area (Å²) >= 11 is 0. The molecule has 0 aliphatic heterocycles. The van der Waals surface area contributed by atoms with E-state index < -0.39 is 23.9 Å². The van der Waals surface area contributed by atoms with Gasteiger partial charge in [0.15, 0.2) is 5.65 Å². The molecule has 0 saturated carbocycles. The summed E-state index contributed by atoms with van der Waals surface area (Å²) in [5.41, 5.74) is 2.75. The normalized spacial score (nSPS) is 11.6. The summed E-state index contributed by atoms with van der Waals surface area (Å²) in [6.07, 6.45) is 4.02. The van der Waals surface area contributed by atoms with E-state index in [-0.39, 0.29) is 18.4 Å². The van der Waals surface area contributed by atoms with Crippen LogP contribution in [0.15, 0.2) is 43.0 Å². The van der Waals surface area contributed by atoms with Crippen LogP contribution in [0, 0.1) is 0 Å². The third-order valence-corrected chi connectivity index (χ3v) is 4.14. The molecule has 0 spiro atoms. The Bertz CT molecular complexity index is 1070. The Kier molecular flexibility index (Phi) is 6.42. The quantitative estimate of drug-likeness (QED) is 0.400. The van der Waals surface area contributed by atoms with E-state index in [4.69, 9.17) is 10.2 Å². The van der Waals surface area contributed by atoms with Crippen LogP contribution in [0.2, 0.25) is 0 Å². The molecule has 4 N–H and O–H groups in total. The number of aromatic nitrogens is 4. The van der Waals surface area contributed by atoms with Gasteiger partial charge in [-0.05, 0) is 30.7 Å². The lowest BCUT2D eigenvalue weighted by Gasteiger charge is -2.14. The SMILES string of the molecule is O=C(O)CCC(NC(=O)c1ccc(NCc2cnc3ncncc3n2)cc1)C(=O)O. The largest absolute Gasteiger partial charge is 0.481 e. The first-order valence-corrected chi connectivity index (χ1v) is 8.93. The first kappa shape index (κ1) is 20.6. The second-order valence-corrected chi connectivity index (χ2v) is 6.32. The number of anilines is 1. The number of carboxylic acids is 2. The van der Waals surface area contributed by atoms with E-state index in [0.29, 0.717) is 23.4 Å². The summed E-state index contributed by atoms with van der Waals surface area (Å²) in [6.45, 7) is 0.389. The summed E-state index contributed by atoms with van der Waals surface area (Å²) in [6, 6.07) is 5.13. The average molecular weight is 410 g/mol. The monoisotopic (exact) mass is 410 g/mol. The molecular weight excluding hydrogens is 392 g/mol. The van der Waals surface area contributed by atoms with Crippen LogP contribution >= 0.6 is 0 Å². The fourth-order valence-electron chi connectivity index (χ4n) is 2.60. The van der Waals surface area contributed by atoms with Crippen molar-refractivity contribution in [1.29, 1.82) is 0 Å². The Balaban J connectivity index is 1.58. The zero-order valence-corrected chi connectivity index (χ0v) is 15.6. The maximum atomic E-state index is 12.2. The summed E-state index contributed by atoms with van der Waals surface area (Å²) in [4.78, 5) is 50.6. The maximum Gasteiger partial charge on any atom is 0.326 e. The van der Waals surface area contributed by atoms with E-state index in [1.54, 1.807) is 24.5 Å². The number of aliphatic carboxylic acids is 2. The minimum absolute atomic E-state index is 0.201. The Morgan fingerprint density at radius 2 is 1.80 bits per heavy atom. The Morgan fingerprint density at radius 3 is 2.50 bits per heavy atom. The molecule has 3 rings (SSSR count). The molecule has 0 saturated heterocycles. The highest BCUT2D eigenvalue weighted by molar-refractivity contribution is 5.96. The molecule has 11 heteroatoms. The van der Waals surface area contributed by atoms with Crippen LogP contribution in [0.1, 0.15) is 28.9 Å². The van der Waals surface area contributed by atoms with Crippen molar-refractivity contribution in [3.8, 4) is 0 Å². The van der Waals surface area contributed by atoms with E-state index in [1.807, 2.05) is 0 Å². The summed E-state index contributed by atoms with van der Waals surface area (Å²) in [7, 11) is 0. The number of amides is 1. The van der Waals surface area contributed by atoms with Gasteiger partial charge in [-0.1, -0.05) is 0 Å². The highest BCUT2D eigenvalue weighted by Gasteiger charge is 2.21. The predicted molar refractivity (Wildman–Crippen MR) is 105 cm³/mol. The van der Waals surface area contributed by atoms with Crippen LogP contribution in [0.25, 0.3) is 11.2 Å².